The van der Waals surface area contributed by atoms with Gasteiger partial charge in [-0.15, -0.1) is 0 Å². The van der Waals surface area contributed by atoms with E-state index in [1.54, 1.807) is 7.11 Å². The SMILES string of the molecule is COc1ccc(C(C)(C)C(=O)N2CCC(CC(=O)O)CC2)cc1. The number of piperidine rings is 1. The molecule has 126 valence electrons. The Balaban J connectivity index is 2.02. The molecule has 0 aliphatic carbocycles. The quantitative estimate of drug-likeness (QED) is 0.906. The second-order valence-corrected chi connectivity index (χ2v) is 6.69. The number of hydrogen-bond donors (Lipinski definition) is 1. The van der Waals surface area contributed by atoms with E-state index in [0.29, 0.717) is 13.1 Å². The standard InChI is InChI=1S/C18H25NO4/c1-18(2,14-4-6-15(23-3)7-5-14)17(22)19-10-8-13(9-11-19)12-16(20)21/h4-7,13H,8-12H2,1-3H3,(H,20,21). The van der Waals surface area contributed by atoms with Crippen LogP contribution in [0.15, 0.2) is 24.3 Å². The van der Waals surface area contributed by atoms with E-state index in [2.05, 4.69) is 0 Å². The molecule has 1 aliphatic rings. The minimum absolute atomic E-state index is 0.0939. The van der Waals surface area contributed by atoms with Gasteiger partial charge < -0.3 is 14.7 Å². The van der Waals surface area contributed by atoms with Crippen LogP contribution in [0.5, 0.6) is 5.75 Å². The average Bonchev–Trinajstić information content (AvgIpc) is 2.54. The lowest BCUT2D eigenvalue weighted by molar-refractivity contribution is -0.139. The normalized spacial score (nSPS) is 16.2. The van der Waals surface area contributed by atoms with Crippen molar-refractivity contribution in [3.8, 4) is 5.75 Å². The molecular weight excluding hydrogens is 294 g/mol. The Morgan fingerprint density at radius 1 is 1.22 bits per heavy atom. The van der Waals surface area contributed by atoms with Gasteiger partial charge in [0, 0.05) is 19.5 Å². The molecule has 0 radical (unpaired) electrons. The third-order valence-electron chi connectivity index (χ3n) is 4.71. The second kappa shape index (κ2) is 7.02. The molecular formula is C18H25NO4. The van der Waals surface area contributed by atoms with E-state index in [9.17, 15) is 9.59 Å². The van der Waals surface area contributed by atoms with Crippen LogP contribution in [0.2, 0.25) is 0 Å². The molecule has 0 saturated carbocycles. The van der Waals surface area contributed by atoms with Crippen LogP contribution in [-0.2, 0) is 15.0 Å². The van der Waals surface area contributed by atoms with E-state index in [0.717, 1.165) is 24.2 Å². The van der Waals surface area contributed by atoms with Crippen molar-refractivity contribution in [3.05, 3.63) is 29.8 Å². The fourth-order valence-corrected chi connectivity index (χ4v) is 3.11. The van der Waals surface area contributed by atoms with Crippen molar-refractivity contribution in [2.45, 2.75) is 38.5 Å². The first-order chi connectivity index (χ1) is 10.8. The number of rotatable bonds is 5. The summed E-state index contributed by atoms with van der Waals surface area (Å²) in [6.45, 7) is 5.13. The maximum absolute atomic E-state index is 12.9. The molecule has 1 amide bonds. The number of ether oxygens (including phenoxy) is 1. The van der Waals surface area contributed by atoms with Gasteiger partial charge in [0.2, 0.25) is 5.91 Å². The number of aliphatic carboxylic acids is 1. The van der Waals surface area contributed by atoms with Gasteiger partial charge in [0.1, 0.15) is 5.75 Å². The van der Waals surface area contributed by atoms with Crippen LogP contribution in [0.1, 0.15) is 38.7 Å². The Kier molecular flexibility index (Phi) is 5.29. The molecule has 1 fully saturated rings. The van der Waals surface area contributed by atoms with Crippen LogP contribution < -0.4 is 4.74 Å². The Labute approximate surface area is 137 Å². The number of benzene rings is 1. The van der Waals surface area contributed by atoms with E-state index < -0.39 is 11.4 Å². The Morgan fingerprint density at radius 2 is 1.78 bits per heavy atom. The van der Waals surface area contributed by atoms with Gasteiger partial charge in [0.15, 0.2) is 0 Å². The van der Waals surface area contributed by atoms with E-state index in [1.165, 1.54) is 0 Å². The zero-order valence-electron chi connectivity index (χ0n) is 14.0. The number of carbonyl (C=O) groups excluding carboxylic acids is 1. The van der Waals surface area contributed by atoms with Gasteiger partial charge in [-0.3, -0.25) is 9.59 Å². The molecule has 1 heterocycles. The second-order valence-electron chi connectivity index (χ2n) is 6.69. The molecule has 0 unspecified atom stereocenters. The maximum Gasteiger partial charge on any atom is 0.303 e. The lowest BCUT2D eigenvalue weighted by atomic mass is 9.82. The molecule has 0 aromatic heterocycles. The molecule has 1 aromatic rings. The summed E-state index contributed by atoms with van der Waals surface area (Å²) < 4.78 is 5.16. The Bertz CT molecular complexity index is 557. The van der Waals surface area contributed by atoms with Crippen LogP contribution >= 0.6 is 0 Å². The van der Waals surface area contributed by atoms with Crippen LogP contribution in [0.3, 0.4) is 0 Å². The molecule has 0 atom stereocenters. The number of carboxylic acid groups (broad SMARTS) is 1. The van der Waals surface area contributed by atoms with Crippen molar-refractivity contribution in [1.29, 1.82) is 0 Å². The van der Waals surface area contributed by atoms with Gasteiger partial charge >= 0.3 is 5.97 Å². The summed E-state index contributed by atoms with van der Waals surface area (Å²) in [7, 11) is 1.62. The topological polar surface area (TPSA) is 66.8 Å². The third kappa shape index (κ3) is 4.03. The Hall–Kier alpha value is -2.04. The Morgan fingerprint density at radius 3 is 2.26 bits per heavy atom. The van der Waals surface area contributed by atoms with Gasteiger partial charge in [-0.25, -0.2) is 0 Å². The smallest absolute Gasteiger partial charge is 0.303 e. The first-order valence-corrected chi connectivity index (χ1v) is 8.00. The lowest BCUT2D eigenvalue weighted by Crippen LogP contribution is -2.47. The van der Waals surface area contributed by atoms with Crippen molar-refractivity contribution in [1.82, 2.24) is 4.90 Å². The molecule has 1 N–H and O–H groups in total. The van der Waals surface area contributed by atoms with Crippen molar-refractivity contribution in [2.75, 3.05) is 20.2 Å². The number of methoxy groups -OCH3 is 1. The third-order valence-corrected chi connectivity index (χ3v) is 4.71. The van der Waals surface area contributed by atoms with Crippen molar-refractivity contribution < 1.29 is 19.4 Å². The number of nitrogens with zero attached hydrogens (tertiary/aromatic N) is 1. The first-order valence-electron chi connectivity index (χ1n) is 8.00. The molecule has 1 aliphatic heterocycles. The van der Waals surface area contributed by atoms with E-state index in [4.69, 9.17) is 9.84 Å². The van der Waals surface area contributed by atoms with Gasteiger partial charge in [0.05, 0.1) is 12.5 Å². The number of carboxylic acids is 1. The summed E-state index contributed by atoms with van der Waals surface area (Å²) in [6.07, 6.45) is 1.72. The monoisotopic (exact) mass is 319 g/mol. The lowest BCUT2D eigenvalue weighted by Gasteiger charge is -2.37. The summed E-state index contributed by atoms with van der Waals surface area (Å²) in [5.41, 5.74) is 0.349. The van der Waals surface area contributed by atoms with Gasteiger partial charge in [-0.2, -0.15) is 0 Å². The first kappa shape index (κ1) is 17.3. The van der Waals surface area contributed by atoms with E-state index in [-0.39, 0.29) is 18.2 Å². The number of hydrogen-bond acceptors (Lipinski definition) is 3. The molecule has 0 bridgehead atoms. The fourth-order valence-electron chi connectivity index (χ4n) is 3.11. The molecule has 1 aromatic carbocycles. The van der Waals surface area contributed by atoms with Crippen molar-refractivity contribution in [2.24, 2.45) is 5.92 Å². The predicted octanol–water partition coefficient (Wildman–Crippen LogP) is 2.69. The van der Waals surface area contributed by atoms with Gasteiger partial charge in [-0.1, -0.05) is 12.1 Å². The molecule has 5 heteroatoms. The van der Waals surface area contributed by atoms with E-state index in [1.807, 2.05) is 43.0 Å². The highest BCUT2D eigenvalue weighted by molar-refractivity contribution is 5.87. The van der Waals surface area contributed by atoms with Crippen molar-refractivity contribution in [3.63, 3.8) is 0 Å². The summed E-state index contributed by atoms with van der Waals surface area (Å²) >= 11 is 0. The van der Waals surface area contributed by atoms with Crippen LogP contribution in [-0.4, -0.2) is 42.1 Å². The highest BCUT2D eigenvalue weighted by atomic mass is 16.5. The van der Waals surface area contributed by atoms with Crippen molar-refractivity contribution >= 4 is 11.9 Å². The summed E-state index contributed by atoms with van der Waals surface area (Å²) in [5.74, 6) is 0.289. The minimum atomic E-state index is -0.756. The minimum Gasteiger partial charge on any atom is -0.497 e. The number of carbonyl (C=O) groups is 2. The fraction of sp³-hybridized carbons (Fsp3) is 0.556. The largest absolute Gasteiger partial charge is 0.497 e. The number of likely N-dealkylation sites (tertiary alicyclic amines) is 1. The summed E-state index contributed by atoms with van der Waals surface area (Å²) in [6, 6.07) is 7.58. The summed E-state index contributed by atoms with van der Waals surface area (Å²) in [5, 5.41) is 8.87. The van der Waals surface area contributed by atoms with Gasteiger partial charge in [0.25, 0.3) is 0 Å². The number of amides is 1. The molecule has 1 saturated heterocycles. The van der Waals surface area contributed by atoms with Crippen LogP contribution in [0.25, 0.3) is 0 Å². The zero-order valence-corrected chi connectivity index (χ0v) is 14.0. The highest BCUT2D eigenvalue weighted by Crippen LogP contribution is 2.30. The predicted molar refractivity (Wildman–Crippen MR) is 87.6 cm³/mol. The maximum atomic E-state index is 12.9. The van der Waals surface area contributed by atoms with Gasteiger partial charge in [-0.05, 0) is 50.3 Å². The highest BCUT2D eigenvalue weighted by Gasteiger charge is 2.35. The van der Waals surface area contributed by atoms with Crippen LogP contribution in [0, 0.1) is 5.92 Å². The summed E-state index contributed by atoms with van der Waals surface area (Å²) in [4.78, 5) is 25.5. The molecule has 23 heavy (non-hydrogen) atoms. The average molecular weight is 319 g/mol. The molecule has 2 rings (SSSR count). The zero-order chi connectivity index (χ0) is 17.0. The molecule has 5 nitrogen and oxygen atoms in total. The van der Waals surface area contributed by atoms with Crippen LogP contribution in [0.4, 0.5) is 0 Å². The van der Waals surface area contributed by atoms with E-state index >= 15 is 0 Å². The molecule has 0 spiro atoms.